The molecule has 0 unspecified atom stereocenters. The number of aromatic nitrogens is 1. The van der Waals surface area contributed by atoms with Crippen LogP contribution in [0, 0.1) is 0 Å². The molecule has 2 aliphatic carbocycles. The van der Waals surface area contributed by atoms with E-state index in [1.807, 2.05) is 0 Å². The Morgan fingerprint density at radius 2 is 1.16 bits per heavy atom. The van der Waals surface area contributed by atoms with Crippen LogP contribution >= 0.6 is 0 Å². The molecular weight excluding hydrogens is 388 g/mol. The lowest BCUT2D eigenvalue weighted by Gasteiger charge is -2.28. The summed E-state index contributed by atoms with van der Waals surface area (Å²) in [5.41, 5.74) is 20.4. The van der Waals surface area contributed by atoms with E-state index in [1.54, 1.807) is 0 Å². The summed E-state index contributed by atoms with van der Waals surface area (Å²) in [5.74, 6) is 0. The fraction of sp³-hybridized carbons (Fsp3) is 0.233. The van der Waals surface area contributed by atoms with E-state index in [9.17, 15) is 0 Å². The number of aryl methyl sites for hydroxylation is 2. The topological polar surface area (TPSA) is 29.9 Å². The average molecular weight is 418 g/mol. The van der Waals surface area contributed by atoms with Gasteiger partial charge in [-0.05, 0) is 61.1 Å². The van der Waals surface area contributed by atoms with Crippen molar-refractivity contribution >= 4 is 0 Å². The van der Waals surface area contributed by atoms with Gasteiger partial charge in [-0.15, -0.1) is 0 Å². The number of hydrogen-bond acceptors (Lipinski definition) is 1. The van der Waals surface area contributed by atoms with Gasteiger partial charge in [0.15, 0.2) is 6.54 Å². The van der Waals surface area contributed by atoms with Crippen molar-refractivity contribution in [1.29, 1.82) is 0 Å². The Kier molecular flexibility index (Phi) is 4.88. The first-order valence-corrected chi connectivity index (χ1v) is 11.9. The Hall–Kier alpha value is -3.23. The van der Waals surface area contributed by atoms with E-state index in [2.05, 4.69) is 83.4 Å². The van der Waals surface area contributed by atoms with Gasteiger partial charge in [0.1, 0.15) is 0 Å². The predicted molar refractivity (Wildman–Crippen MR) is 131 cm³/mol. The third kappa shape index (κ3) is 3.02. The molecule has 158 valence electrons. The number of nitrogens with zero attached hydrogens (tertiary/aromatic N) is 1. The molecule has 2 N–H and O–H groups in total. The summed E-state index contributed by atoms with van der Waals surface area (Å²) in [6.07, 6.45) is 5.38. The number of pyridine rings is 1. The first-order chi connectivity index (χ1) is 15.9. The minimum atomic E-state index is 0.709. The predicted octanol–water partition coefficient (Wildman–Crippen LogP) is 5.52. The van der Waals surface area contributed by atoms with Gasteiger partial charge in [-0.3, -0.25) is 0 Å². The molecule has 4 aromatic rings. The van der Waals surface area contributed by atoms with Crippen LogP contribution in [-0.4, -0.2) is 6.54 Å². The molecule has 0 spiro atoms. The molecule has 0 aliphatic heterocycles. The smallest absolute Gasteiger partial charge is 0.217 e. The van der Waals surface area contributed by atoms with Crippen LogP contribution in [0.5, 0.6) is 0 Å². The summed E-state index contributed by atoms with van der Waals surface area (Å²) >= 11 is 0. The molecular formula is C30H29N2+. The molecule has 0 atom stereocenters. The van der Waals surface area contributed by atoms with Gasteiger partial charge in [0.25, 0.3) is 0 Å². The van der Waals surface area contributed by atoms with Crippen molar-refractivity contribution < 1.29 is 4.57 Å². The van der Waals surface area contributed by atoms with Crippen LogP contribution in [-0.2, 0) is 32.2 Å². The minimum Gasteiger partial charge on any atom is -0.330 e. The third-order valence-corrected chi connectivity index (χ3v) is 7.20. The monoisotopic (exact) mass is 417 g/mol. The highest BCUT2D eigenvalue weighted by molar-refractivity contribution is 5.85. The highest BCUT2D eigenvalue weighted by Crippen LogP contribution is 2.44. The second kappa shape index (κ2) is 8.03. The van der Waals surface area contributed by atoms with Crippen molar-refractivity contribution in [2.45, 2.75) is 38.6 Å². The van der Waals surface area contributed by atoms with Crippen LogP contribution in [0.2, 0.25) is 0 Å². The number of fused-ring (bicyclic) bond motifs is 6. The molecule has 0 saturated carbocycles. The van der Waals surface area contributed by atoms with Gasteiger partial charge in [-0.25, -0.2) is 0 Å². The van der Waals surface area contributed by atoms with Crippen LogP contribution in [0.15, 0.2) is 78.9 Å². The van der Waals surface area contributed by atoms with Crippen molar-refractivity contribution in [3.63, 3.8) is 0 Å². The molecule has 3 aromatic carbocycles. The van der Waals surface area contributed by atoms with Crippen LogP contribution in [0.4, 0.5) is 0 Å². The fourth-order valence-electron chi connectivity index (χ4n) is 5.84. The number of benzene rings is 3. The lowest BCUT2D eigenvalue weighted by Crippen LogP contribution is -2.44. The standard InChI is InChI=1S/C30H29N2/c31-19-8-20-32-29-24-13-6-4-9-21(24)15-17-26(29)28(23-11-2-1-3-12-23)27-18-16-22-10-5-7-14-25(22)30(27)32/h1-7,9-14H,8,15-20,31H2/q+1. The normalized spacial score (nSPS) is 13.7. The molecule has 2 nitrogen and oxygen atoms in total. The molecule has 0 bridgehead atoms. The van der Waals surface area contributed by atoms with Crippen molar-refractivity contribution in [2.75, 3.05) is 6.54 Å². The van der Waals surface area contributed by atoms with Crippen molar-refractivity contribution in [3.05, 3.63) is 101 Å². The maximum Gasteiger partial charge on any atom is 0.217 e. The molecule has 1 aromatic heterocycles. The first-order valence-electron chi connectivity index (χ1n) is 11.9. The summed E-state index contributed by atoms with van der Waals surface area (Å²) in [7, 11) is 0. The molecule has 0 amide bonds. The van der Waals surface area contributed by atoms with E-state index in [-0.39, 0.29) is 0 Å². The summed E-state index contributed by atoms with van der Waals surface area (Å²) in [5, 5.41) is 0. The molecule has 0 fully saturated rings. The van der Waals surface area contributed by atoms with E-state index in [1.165, 1.54) is 55.9 Å². The first kappa shape index (κ1) is 19.5. The van der Waals surface area contributed by atoms with Crippen LogP contribution in [0.25, 0.3) is 33.6 Å². The van der Waals surface area contributed by atoms with E-state index in [4.69, 9.17) is 5.73 Å². The van der Waals surface area contributed by atoms with Crippen molar-refractivity contribution in [1.82, 2.24) is 0 Å². The average Bonchev–Trinajstić information content (AvgIpc) is 2.86. The second-order valence-electron chi connectivity index (χ2n) is 9.00. The minimum absolute atomic E-state index is 0.709. The van der Waals surface area contributed by atoms with Crippen LogP contribution < -0.4 is 10.3 Å². The zero-order valence-electron chi connectivity index (χ0n) is 18.5. The molecule has 2 aliphatic rings. The highest BCUT2D eigenvalue weighted by atomic mass is 15.0. The lowest BCUT2D eigenvalue weighted by atomic mass is 9.77. The Balaban J connectivity index is 1.76. The fourth-order valence-corrected chi connectivity index (χ4v) is 5.84. The SMILES string of the molecule is NCCC[n+]1c2c(c(-c3ccccc3)c3c1-c1ccccc1CC3)CCc1ccccc1-2. The number of hydrogen-bond donors (Lipinski definition) is 1. The Morgan fingerprint density at radius 1 is 0.625 bits per heavy atom. The Bertz CT molecular complexity index is 1230. The van der Waals surface area contributed by atoms with Crippen molar-refractivity contribution in [2.24, 2.45) is 5.73 Å². The van der Waals surface area contributed by atoms with Gasteiger partial charge in [-0.2, -0.15) is 4.57 Å². The van der Waals surface area contributed by atoms with Crippen molar-refractivity contribution in [3.8, 4) is 33.6 Å². The molecule has 32 heavy (non-hydrogen) atoms. The van der Waals surface area contributed by atoms with E-state index in [0.29, 0.717) is 6.54 Å². The summed E-state index contributed by atoms with van der Waals surface area (Å²) in [6.45, 7) is 1.67. The molecule has 1 heterocycles. The zero-order valence-corrected chi connectivity index (χ0v) is 18.5. The van der Waals surface area contributed by atoms with Gasteiger partial charge in [-0.1, -0.05) is 66.7 Å². The van der Waals surface area contributed by atoms with E-state index >= 15 is 0 Å². The molecule has 0 radical (unpaired) electrons. The van der Waals surface area contributed by atoms with Gasteiger partial charge in [0.2, 0.25) is 11.4 Å². The molecule has 6 rings (SSSR count). The van der Waals surface area contributed by atoms with E-state index < -0.39 is 0 Å². The molecule has 2 heteroatoms. The van der Waals surface area contributed by atoms with Gasteiger partial charge in [0.05, 0.1) is 0 Å². The van der Waals surface area contributed by atoms with Crippen LogP contribution in [0.1, 0.15) is 28.7 Å². The summed E-state index contributed by atoms with van der Waals surface area (Å²) in [6, 6.07) is 29.1. The Morgan fingerprint density at radius 3 is 1.72 bits per heavy atom. The highest BCUT2D eigenvalue weighted by Gasteiger charge is 2.37. The zero-order chi connectivity index (χ0) is 21.5. The van der Waals surface area contributed by atoms with Gasteiger partial charge in [0, 0.05) is 34.2 Å². The van der Waals surface area contributed by atoms with Crippen LogP contribution in [0.3, 0.4) is 0 Å². The second-order valence-corrected chi connectivity index (χ2v) is 9.00. The quantitative estimate of drug-likeness (QED) is 0.435. The van der Waals surface area contributed by atoms with E-state index in [0.717, 1.165) is 38.6 Å². The summed E-state index contributed by atoms with van der Waals surface area (Å²) in [4.78, 5) is 0. The Labute approximate surface area is 190 Å². The summed E-state index contributed by atoms with van der Waals surface area (Å²) < 4.78 is 2.62. The molecule has 0 saturated heterocycles. The number of rotatable bonds is 4. The third-order valence-electron chi connectivity index (χ3n) is 7.20. The maximum absolute atomic E-state index is 6.03. The van der Waals surface area contributed by atoms with Gasteiger partial charge < -0.3 is 5.73 Å². The maximum atomic E-state index is 6.03. The van der Waals surface area contributed by atoms with Gasteiger partial charge >= 0.3 is 0 Å². The number of nitrogens with two attached hydrogens (primary N) is 1. The lowest BCUT2D eigenvalue weighted by molar-refractivity contribution is -0.676. The largest absolute Gasteiger partial charge is 0.330 e.